The number of hydrogen-bond acceptors (Lipinski definition) is 9. The van der Waals surface area contributed by atoms with Gasteiger partial charge in [-0.15, -0.1) is 0 Å². The van der Waals surface area contributed by atoms with Crippen LogP contribution in [0.5, 0.6) is 0 Å². The number of hydrogen-bond donors (Lipinski definition) is 6. The van der Waals surface area contributed by atoms with Crippen molar-refractivity contribution in [1.29, 1.82) is 0 Å². The predicted octanol–water partition coefficient (Wildman–Crippen LogP) is -0.392. The van der Waals surface area contributed by atoms with E-state index in [0.717, 1.165) is 13.5 Å². The molecule has 0 spiro atoms. The first-order valence-corrected chi connectivity index (χ1v) is 12.7. The van der Waals surface area contributed by atoms with E-state index in [0.29, 0.717) is 6.42 Å². The zero-order valence-electron chi connectivity index (χ0n) is 15.4. The van der Waals surface area contributed by atoms with Crippen molar-refractivity contribution in [2.75, 3.05) is 20.3 Å². The highest BCUT2D eigenvalue weighted by atomic mass is 31.2. The molecule has 0 saturated carbocycles. The molecule has 0 amide bonds. The van der Waals surface area contributed by atoms with Gasteiger partial charge in [0.15, 0.2) is 6.29 Å². The van der Waals surface area contributed by atoms with Gasteiger partial charge in [0.1, 0.15) is 24.4 Å². The molecule has 1 rings (SSSR count). The van der Waals surface area contributed by atoms with Gasteiger partial charge in [-0.25, -0.2) is 13.7 Å². The minimum absolute atomic E-state index is 0.225. The number of rotatable bonds is 12. The van der Waals surface area contributed by atoms with E-state index in [9.17, 15) is 33.3 Å². The Hall–Kier alpha value is 0.210. The molecule has 1 heterocycles. The number of phosphoric ester groups is 3. The van der Waals surface area contributed by atoms with Gasteiger partial charge >= 0.3 is 23.5 Å². The van der Waals surface area contributed by atoms with Gasteiger partial charge in [-0.3, -0.25) is 13.6 Å². The second kappa shape index (κ2) is 11.2. The minimum atomic E-state index is -5.36. The van der Waals surface area contributed by atoms with Gasteiger partial charge in [0.05, 0.1) is 6.61 Å². The van der Waals surface area contributed by atoms with Gasteiger partial charge in [-0.05, 0) is 6.42 Å². The average molecular weight is 490 g/mol. The standard InChI is InChI=1S/C11H25O15P3/c1-3-4-5-22-6-7-8(24-27(12,13)14)9(25-28(15,16)17)10(11(21-2)23-7)26-29(18,19)20/h7-11H,3-6H2,1-2H3,(H2,12,13,14)(H2,15,16,17)(H2,18,19,20)/t7-,8-,9+,10+,11+/m1/s1. The van der Waals surface area contributed by atoms with Gasteiger partial charge in [0, 0.05) is 13.7 Å². The van der Waals surface area contributed by atoms with Crippen molar-refractivity contribution < 1.29 is 70.8 Å². The van der Waals surface area contributed by atoms with E-state index >= 15 is 0 Å². The fourth-order valence-corrected chi connectivity index (χ4v) is 4.15. The Morgan fingerprint density at radius 3 is 1.76 bits per heavy atom. The van der Waals surface area contributed by atoms with Crippen LogP contribution in [0.1, 0.15) is 19.8 Å². The lowest BCUT2D eigenvalue weighted by molar-refractivity contribution is -0.287. The van der Waals surface area contributed by atoms with Gasteiger partial charge < -0.3 is 43.6 Å². The first kappa shape index (κ1) is 27.2. The average Bonchev–Trinajstić information content (AvgIpc) is 2.52. The summed E-state index contributed by atoms with van der Waals surface area (Å²) in [7, 11) is -14.9. The van der Waals surface area contributed by atoms with Crippen LogP contribution in [-0.4, -0.2) is 80.4 Å². The van der Waals surface area contributed by atoms with Crippen LogP contribution in [0.15, 0.2) is 0 Å². The molecular formula is C11H25O15P3. The van der Waals surface area contributed by atoms with Gasteiger partial charge in [-0.1, -0.05) is 13.3 Å². The highest BCUT2D eigenvalue weighted by Gasteiger charge is 2.54. The van der Waals surface area contributed by atoms with E-state index in [-0.39, 0.29) is 13.2 Å². The fourth-order valence-electron chi connectivity index (χ4n) is 2.48. The zero-order chi connectivity index (χ0) is 22.5. The molecule has 6 N–H and O–H groups in total. The summed E-state index contributed by atoms with van der Waals surface area (Å²) in [6, 6.07) is 0. The summed E-state index contributed by atoms with van der Waals surface area (Å²) in [6.45, 7) is 1.74. The molecule has 29 heavy (non-hydrogen) atoms. The molecule has 0 aromatic heterocycles. The van der Waals surface area contributed by atoms with Crippen LogP contribution >= 0.6 is 23.5 Å². The molecule has 0 bridgehead atoms. The van der Waals surface area contributed by atoms with Crippen molar-refractivity contribution in [3.05, 3.63) is 0 Å². The van der Waals surface area contributed by atoms with E-state index in [4.69, 9.17) is 24.0 Å². The summed E-state index contributed by atoms with van der Waals surface area (Å²) < 4.78 is 63.1. The summed E-state index contributed by atoms with van der Waals surface area (Å²) in [6.07, 6.45) is -7.75. The number of ether oxygens (including phenoxy) is 3. The second-order valence-corrected chi connectivity index (χ2v) is 9.46. The summed E-state index contributed by atoms with van der Waals surface area (Å²) in [5, 5.41) is 0. The molecule has 1 saturated heterocycles. The molecule has 18 heteroatoms. The Bertz CT molecular complexity index is 639. The third-order valence-corrected chi connectivity index (χ3v) is 5.08. The van der Waals surface area contributed by atoms with Crippen LogP contribution in [0.2, 0.25) is 0 Å². The maximum Gasteiger partial charge on any atom is 0.470 e. The van der Waals surface area contributed by atoms with Crippen molar-refractivity contribution in [2.45, 2.75) is 50.5 Å². The first-order valence-electron chi connectivity index (χ1n) is 8.14. The SMILES string of the molecule is CCCCOC[C@H]1O[C@H](OC)[C@@H](OP(=O)(O)O)[C@@H](OP(=O)(O)O)[C@@H]1OP(=O)(O)O. The molecule has 0 aromatic rings. The van der Waals surface area contributed by atoms with Crippen LogP contribution in [0.3, 0.4) is 0 Å². The van der Waals surface area contributed by atoms with Crippen molar-refractivity contribution >= 4 is 23.5 Å². The van der Waals surface area contributed by atoms with E-state index < -0.39 is 54.2 Å². The molecule has 1 fully saturated rings. The molecule has 0 aliphatic carbocycles. The smallest absolute Gasteiger partial charge is 0.379 e. The van der Waals surface area contributed by atoms with Crippen LogP contribution in [0.25, 0.3) is 0 Å². The highest BCUT2D eigenvalue weighted by Crippen LogP contribution is 2.50. The van der Waals surface area contributed by atoms with Crippen LogP contribution in [0.4, 0.5) is 0 Å². The minimum Gasteiger partial charge on any atom is -0.379 e. The van der Waals surface area contributed by atoms with E-state index in [1.807, 2.05) is 6.92 Å². The molecule has 1 aliphatic heterocycles. The fraction of sp³-hybridized carbons (Fsp3) is 1.00. The van der Waals surface area contributed by atoms with Gasteiger partial charge in [-0.2, -0.15) is 0 Å². The molecule has 5 atom stereocenters. The van der Waals surface area contributed by atoms with Crippen LogP contribution < -0.4 is 0 Å². The van der Waals surface area contributed by atoms with Crippen molar-refractivity contribution in [1.82, 2.24) is 0 Å². The summed E-state index contributed by atoms with van der Waals surface area (Å²) >= 11 is 0. The lowest BCUT2D eigenvalue weighted by atomic mass is 9.99. The Kier molecular flexibility index (Phi) is 10.5. The van der Waals surface area contributed by atoms with E-state index in [1.54, 1.807) is 0 Å². The Balaban J connectivity index is 3.29. The molecule has 0 unspecified atom stereocenters. The summed E-state index contributed by atoms with van der Waals surface area (Å²) in [5.41, 5.74) is 0. The second-order valence-electron chi connectivity index (χ2n) is 5.89. The Morgan fingerprint density at radius 2 is 1.31 bits per heavy atom. The van der Waals surface area contributed by atoms with Gasteiger partial charge in [0.2, 0.25) is 0 Å². The lowest BCUT2D eigenvalue weighted by Gasteiger charge is -2.44. The zero-order valence-corrected chi connectivity index (χ0v) is 18.1. The van der Waals surface area contributed by atoms with E-state index in [1.165, 1.54) is 0 Å². The largest absolute Gasteiger partial charge is 0.470 e. The third-order valence-electron chi connectivity index (χ3n) is 3.52. The monoisotopic (exact) mass is 490 g/mol. The molecule has 174 valence electrons. The van der Waals surface area contributed by atoms with E-state index in [2.05, 4.69) is 13.6 Å². The first-order chi connectivity index (χ1) is 13.2. The molecule has 15 nitrogen and oxygen atoms in total. The number of phosphoric acid groups is 3. The highest BCUT2D eigenvalue weighted by molar-refractivity contribution is 7.47. The number of unbranched alkanes of at least 4 members (excludes halogenated alkanes) is 1. The lowest BCUT2D eigenvalue weighted by Crippen LogP contribution is -2.61. The summed E-state index contributed by atoms with van der Waals surface area (Å²) in [5.74, 6) is 0. The molecule has 0 radical (unpaired) electrons. The number of methoxy groups -OCH3 is 1. The Labute approximate surface area is 165 Å². The quantitative estimate of drug-likeness (QED) is 0.151. The van der Waals surface area contributed by atoms with Crippen molar-refractivity contribution in [3.8, 4) is 0 Å². The predicted molar refractivity (Wildman–Crippen MR) is 92.1 cm³/mol. The maximum absolute atomic E-state index is 11.4. The normalized spacial score (nSPS) is 29.2. The topological polar surface area (TPSA) is 228 Å². The molecular weight excluding hydrogens is 465 g/mol. The third kappa shape index (κ3) is 10.4. The van der Waals surface area contributed by atoms with Crippen LogP contribution in [-0.2, 0) is 41.5 Å². The Morgan fingerprint density at radius 1 is 0.828 bits per heavy atom. The van der Waals surface area contributed by atoms with Crippen LogP contribution in [0, 0.1) is 0 Å². The molecule has 0 aromatic carbocycles. The van der Waals surface area contributed by atoms with Crippen molar-refractivity contribution in [3.63, 3.8) is 0 Å². The molecule has 1 aliphatic rings. The maximum atomic E-state index is 11.4. The van der Waals surface area contributed by atoms with Gasteiger partial charge in [0.25, 0.3) is 0 Å². The summed E-state index contributed by atoms with van der Waals surface area (Å²) in [4.78, 5) is 54.9. The van der Waals surface area contributed by atoms with Crippen molar-refractivity contribution in [2.24, 2.45) is 0 Å².